The summed E-state index contributed by atoms with van der Waals surface area (Å²) in [5.41, 5.74) is 6.73. The Balaban J connectivity index is 0.00000225. The number of carbonyl (C=O) groups excluding carboxylic acids is 1. The lowest BCUT2D eigenvalue weighted by molar-refractivity contribution is -0.117. The van der Waals surface area contributed by atoms with Crippen LogP contribution in [0, 0.1) is 11.3 Å². The first-order valence-electron chi connectivity index (χ1n) is 4.58. The van der Waals surface area contributed by atoms with Crippen molar-refractivity contribution < 1.29 is 4.79 Å². The predicted octanol–water partition coefficient (Wildman–Crippen LogP) is 2.09. The van der Waals surface area contributed by atoms with Gasteiger partial charge in [0.2, 0.25) is 5.91 Å². The van der Waals surface area contributed by atoms with E-state index in [1.54, 1.807) is 17.8 Å². The lowest BCUT2D eigenvalue weighted by atomic mass is 10.1. The van der Waals surface area contributed by atoms with E-state index in [4.69, 9.17) is 11.0 Å². The molecule has 16 heavy (non-hydrogen) atoms. The number of amides is 1. The zero-order chi connectivity index (χ0) is 11.1. The van der Waals surface area contributed by atoms with E-state index in [1.165, 1.54) is 0 Å². The van der Waals surface area contributed by atoms with Crippen LogP contribution in [0.25, 0.3) is 0 Å². The number of rotatable bonds is 5. The molecule has 0 unspecified atom stereocenters. The van der Waals surface area contributed by atoms with Gasteiger partial charge in [-0.2, -0.15) is 17.0 Å². The second-order valence-electron chi connectivity index (χ2n) is 3.04. The van der Waals surface area contributed by atoms with E-state index in [-0.39, 0.29) is 18.3 Å². The molecule has 3 nitrogen and oxygen atoms in total. The molecule has 0 bridgehead atoms. The maximum Gasteiger partial charge on any atom is 0.218 e. The average molecular weight is 257 g/mol. The molecule has 0 aromatic heterocycles. The number of thioether (sulfide) groups is 1. The summed E-state index contributed by atoms with van der Waals surface area (Å²) in [5.74, 6) is 1.17. The largest absolute Gasteiger partial charge is 0.370 e. The Morgan fingerprint density at radius 2 is 2.12 bits per heavy atom. The number of carbonyl (C=O) groups is 1. The van der Waals surface area contributed by atoms with Crippen LogP contribution in [0.5, 0.6) is 0 Å². The normalized spacial score (nSPS) is 8.94. The van der Waals surface area contributed by atoms with E-state index in [0.717, 1.165) is 11.3 Å². The molecule has 0 fully saturated rings. The third kappa shape index (κ3) is 5.06. The van der Waals surface area contributed by atoms with Crippen LogP contribution in [0.3, 0.4) is 0 Å². The van der Waals surface area contributed by atoms with Gasteiger partial charge >= 0.3 is 0 Å². The second-order valence-corrected chi connectivity index (χ2v) is 4.14. The summed E-state index contributed by atoms with van der Waals surface area (Å²) < 4.78 is 0. The first-order valence-corrected chi connectivity index (χ1v) is 5.73. The molecule has 0 saturated heterocycles. The van der Waals surface area contributed by atoms with Crippen LogP contribution < -0.4 is 5.73 Å². The summed E-state index contributed by atoms with van der Waals surface area (Å²) in [6, 6.07) is 9.61. The summed E-state index contributed by atoms with van der Waals surface area (Å²) in [5, 5.41) is 8.83. The van der Waals surface area contributed by atoms with Gasteiger partial charge in [0.05, 0.1) is 11.6 Å². The molecule has 0 spiro atoms. The third-order valence-electron chi connectivity index (χ3n) is 1.89. The first-order chi connectivity index (χ1) is 7.24. The van der Waals surface area contributed by atoms with Crippen LogP contribution in [-0.4, -0.2) is 11.7 Å². The molecule has 0 atom stereocenters. The van der Waals surface area contributed by atoms with Crippen molar-refractivity contribution in [3.8, 4) is 6.07 Å². The van der Waals surface area contributed by atoms with Crippen molar-refractivity contribution in [2.45, 2.75) is 12.2 Å². The van der Waals surface area contributed by atoms with Crippen LogP contribution in [0.4, 0.5) is 0 Å². The van der Waals surface area contributed by atoms with E-state index in [0.29, 0.717) is 17.7 Å². The molecular weight excluding hydrogens is 244 g/mol. The quantitative estimate of drug-likeness (QED) is 0.821. The monoisotopic (exact) mass is 256 g/mol. The molecule has 0 heterocycles. The fraction of sp³-hybridized carbons (Fsp3) is 0.273. The number of benzene rings is 1. The van der Waals surface area contributed by atoms with E-state index in [1.807, 2.05) is 18.2 Å². The van der Waals surface area contributed by atoms with Gasteiger partial charge in [0.25, 0.3) is 0 Å². The van der Waals surface area contributed by atoms with Gasteiger partial charge in [-0.15, -0.1) is 12.4 Å². The zero-order valence-electron chi connectivity index (χ0n) is 8.68. The summed E-state index contributed by atoms with van der Waals surface area (Å²) in [6.07, 6.45) is 0.388. The third-order valence-corrected chi connectivity index (χ3v) is 2.90. The van der Waals surface area contributed by atoms with E-state index in [2.05, 4.69) is 6.07 Å². The minimum Gasteiger partial charge on any atom is -0.370 e. The average Bonchev–Trinajstić information content (AvgIpc) is 2.24. The highest BCUT2D eigenvalue weighted by atomic mass is 35.5. The van der Waals surface area contributed by atoms with Crippen molar-refractivity contribution >= 4 is 30.1 Å². The van der Waals surface area contributed by atoms with Gasteiger partial charge in [-0.25, -0.2) is 0 Å². The maximum atomic E-state index is 10.5. The molecule has 2 N–H and O–H groups in total. The lowest BCUT2D eigenvalue weighted by Gasteiger charge is -2.02. The fourth-order valence-electron chi connectivity index (χ4n) is 1.11. The summed E-state index contributed by atoms with van der Waals surface area (Å²) in [7, 11) is 0. The Labute approximate surface area is 105 Å². The van der Waals surface area contributed by atoms with Crippen molar-refractivity contribution in [3.05, 3.63) is 35.4 Å². The Morgan fingerprint density at radius 1 is 1.44 bits per heavy atom. The smallest absolute Gasteiger partial charge is 0.218 e. The Morgan fingerprint density at radius 3 is 2.75 bits per heavy atom. The minimum atomic E-state index is -0.281. The van der Waals surface area contributed by atoms with Gasteiger partial charge in [-0.05, 0) is 11.6 Å². The van der Waals surface area contributed by atoms with Gasteiger partial charge in [-0.1, -0.05) is 18.2 Å². The molecule has 0 aliphatic heterocycles. The molecule has 1 amide bonds. The predicted molar refractivity (Wildman–Crippen MR) is 68.4 cm³/mol. The van der Waals surface area contributed by atoms with Crippen molar-refractivity contribution in [2.75, 3.05) is 5.75 Å². The van der Waals surface area contributed by atoms with E-state index in [9.17, 15) is 4.79 Å². The van der Waals surface area contributed by atoms with Gasteiger partial charge < -0.3 is 5.73 Å². The van der Waals surface area contributed by atoms with E-state index < -0.39 is 0 Å². The van der Waals surface area contributed by atoms with Gasteiger partial charge in [0.15, 0.2) is 0 Å². The number of halogens is 1. The van der Waals surface area contributed by atoms with Crippen molar-refractivity contribution in [2.24, 2.45) is 5.73 Å². The van der Waals surface area contributed by atoms with Crippen LogP contribution in [0.15, 0.2) is 24.3 Å². The van der Waals surface area contributed by atoms with Crippen LogP contribution in [0.2, 0.25) is 0 Å². The number of hydrogen-bond donors (Lipinski definition) is 1. The first kappa shape index (κ1) is 14.8. The number of primary amides is 1. The van der Waals surface area contributed by atoms with Crippen molar-refractivity contribution in [1.82, 2.24) is 0 Å². The Hall–Kier alpha value is -1.18. The number of nitriles is 1. The molecule has 1 rings (SSSR count). The topological polar surface area (TPSA) is 66.9 Å². The summed E-state index contributed by atoms with van der Waals surface area (Å²) >= 11 is 1.61. The highest BCUT2D eigenvalue weighted by molar-refractivity contribution is 7.98. The summed E-state index contributed by atoms with van der Waals surface area (Å²) in [6.45, 7) is 0. The second kappa shape index (κ2) is 8.03. The maximum absolute atomic E-state index is 10.5. The van der Waals surface area contributed by atoms with Crippen LogP contribution in [0.1, 0.15) is 17.5 Å². The van der Waals surface area contributed by atoms with Gasteiger partial charge in [-0.3, -0.25) is 4.79 Å². The molecule has 0 aliphatic carbocycles. The highest BCUT2D eigenvalue weighted by Crippen LogP contribution is 2.16. The molecule has 1 aromatic carbocycles. The molecule has 0 radical (unpaired) electrons. The molecule has 86 valence electrons. The molecule has 1 aromatic rings. The minimum absolute atomic E-state index is 0. The number of nitrogens with zero attached hydrogens (tertiary/aromatic N) is 1. The number of hydrogen-bond acceptors (Lipinski definition) is 3. The molecule has 5 heteroatoms. The standard InChI is InChI=1S/C11H12N2OS.ClH/c12-7-9-3-1-2-4-10(9)8-15-6-5-11(13)14;/h1-4H,5-6,8H2,(H2,13,14);1H. The Bertz CT molecular complexity index is 390. The van der Waals surface area contributed by atoms with Crippen LogP contribution >= 0.6 is 24.2 Å². The summed E-state index contributed by atoms with van der Waals surface area (Å²) in [4.78, 5) is 10.5. The van der Waals surface area contributed by atoms with Crippen molar-refractivity contribution in [1.29, 1.82) is 5.26 Å². The molecule has 0 aliphatic rings. The SMILES string of the molecule is Cl.N#Cc1ccccc1CSCCC(N)=O. The highest BCUT2D eigenvalue weighted by Gasteiger charge is 2.01. The Kier molecular flexibility index (Phi) is 7.44. The molecule has 0 saturated carbocycles. The fourth-order valence-corrected chi connectivity index (χ4v) is 2.07. The number of nitrogens with two attached hydrogens (primary N) is 1. The van der Waals surface area contributed by atoms with Crippen molar-refractivity contribution in [3.63, 3.8) is 0 Å². The molecular formula is C11H13ClN2OS. The van der Waals surface area contributed by atoms with Crippen LogP contribution in [-0.2, 0) is 10.5 Å². The van der Waals surface area contributed by atoms with Gasteiger partial charge in [0, 0.05) is 17.9 Å². The van der Waals surface area contributed by atoms with E-state index >= 15 is 0 Å². The van der Waals surface area contributed by atoms with Gasteiger partial charge in [0.1, 0.15) is 0 Å². The zero-order valence-corrected chi connectivity index (χ0v) is 10.3. The lowest BCUT2D eigenvalue weighted by Crippen LogP contribution is -2.10.